The van der Waals surface area contributed by atoms with E-state index in [1.54, 1.807) is 12.1 Å². The molecule has 4 heteroatoms. The maximum atomic E-state index is 9.00. The van der Waals surface area contributed by atoms with Crippen molar-refractivity contribution in [1.29, 1.82) is 5.26 Å². The van der Waals surface area contributed by atoms with E-state index in [1.165, 1.54) is 0 Å². The zero-order valence-electron chi connectivity index (χ0n) is 8.01. The smallest absolute Gasteiger partial charge is 0.0713 e. The van der Waals surface area contributed by atoms with E-state index in [4.69, 9.17) is 40.1 Å². The summed E-state index contributed by atoms with van der Waals surface area (Å²) in [6.07, 6.45) is 1.57. The van der Waals surface area contributed by atoms with Crippen molar-refractivity contribution < 1.29 is 0 Å². The molecule has 1 unspecified atom stereocenters. The van der Waals surface area contributed by atoms with Crippen LogP contribution in [0.3, 0.4) is 0 Å². The molecule has 0 heterocycles. The normalized spacial score (nSPS) is 12.1. The van der Waals surface area contributed by atoms with Gasteiger partial charge in [0.25, 0.3) is 0 Å². The van der Waals surface area contributed by atoms with Crippen LogP contribution in [0.1, 0.15) is 24.3 Å². The first-order valence-corrected chi connectivity index (χ1v) is 5.88. The molecule has 0 aliphatic heterocycles. The molecule has 1 aromatic rings. The molecule has 0 fully saturated rings. The Morgan fingerprint density at radius 1 is 1.27 bits per heavy atom. The summed E-state index contributed by atoms with van der Waals surface area (Å²) < 4.78 is 0. The zero-order chi connectivity index (χ0) is 11.3. The molecule has 0 N–H and O–H groups in total. The Bertz CT molecular complexity index is 371. The highest BCUT2D eigenvalue weighted by Gasteiger charge is 2.11. The van der Waals surface area contributed by atoms with E-state index < -0.39 is 0 Å². The fourth-order valence-corrected chi connectivity index (χ4v) is 1.78. The number of nitriles is 1. The Labute approximate surface area is 105 Å². The maximum absolute atomic E-state index is 9.00. The number of alkyl halides is 1. The molecule has 15 heavy (non-hydrogen) atoms. The largest absolute Gasteiger partial charge is 0.198 e. The fourth-order valence-electron chi connectivity index (χ4n) is 1.32. The average molecular weight is 263 g/mol. The van der Waals surface area contributed by atoms with E-state index in [-0.39, 0.29) is 5.92 Å². The molecule has 80 valence electrons. The van der Waals surface area contributed by atoms with Crippen LogP contribution in [-0.2, 0) is 0 Å². The van der Waals surface area contributed by atoms with Crippen LogP contribution in [0.25, 0.3) is 0 Å². The average Bonchev–Trinajstić information content (AvgIpc) is 2.24. The van der Waals surface area contributed by atoms with Gasteiger partial charge in [-0.05, 0) is 30.5 Å². The second-order valence-corrected chi connectivity index (χ2v) is 4.38. The molecule has 0 amide bonds. The number of hydrogen-bond acceptors (Lipinski definition) is 1. The molecule has 1 rings (SSSR count). The summed E-state index contributed by atoms with van der Waals surface area (Å²) in [5.41, 5.74) is 0.900. The minimum atomic E-state index is -0.154. The lowest BCUT2D eigenvalue weighted by Crippen LogP contribution is -1.96. The molecule has 0 saturated heterocycles. The van der Waals surface area contributed by atoms with Crippen LogP contribution in [0.5, 0.6) is 0 Å². The first-order chi connectivity index (χ1) is 7.19. The zero-order valence-corrected chi connectivity index (χ0v) is 10.3. The molecule has 0 bridgehead atoms. The van der Waals surface area contributed by atoms with Crippen molar-refractivity contribution >= 4 is 34.8 Å². The summed E-state index contributed by atoms with van der Waals surface area (Å²) in [6.45, 7) is 0. The summed E-state index contributed by atoms with van der Waals surface area (Å²) in [4.78, 5) is 0. The lowest BCUT2D eigenvalue weighted by molar-refractivity contribution is 0.731. The number of nitrogens with zero attached hydrogens (tertiary/aromatic N) is 1. The van der Waals surface area contributed by atoms with Gasteiger partial charge in [0.2, 0.25) is 0 Å². The van der Waals surface area contributed by atoms with Crippen LogP contribution in [0.2, 0.25) is 10.0 Å². The summed E-state index contributed by atoms with van der Waals surface area (Å²) in [6, 6.07) is 7.52. The van der Waals surface area contributed by atoms with Gasteiger partial charge in [-0.25, -0.2) is 0 Å². The monoisotopic (exact) mass is 261 g/mol. The van der Waals surface area contributed by atoms with Crippen molar-refractivity contribution in [2.45, 2.75) is 18.8 Å². The van der Waals surface area contributed by atoms with Gasteiger partial charge in [-0.3, -0.25) is 0 Å². The van der Waals surface area contributed by atoms with Crippen LogP contribution in [0, 0.1) is 11.3 Å². The first-order valence-electron chi connectivity index (χ1n) is 4.59. The third-order valence-corrected chi connectivity index (χ3v) is 3.13. The van der Waals surface area contributed by atoms with Gasteiger partial charge in [-0.2, -0.15) is 5.26 Å². The van der Waals surface area contributed by atoms with E-state index in [2.05, 4.69) is 6.07 Å². The molecule has 1 aromatic carbocycles. The van der Waals surface area contributed by atoms with Gasteiger partial charge >= 0.3 is 0 Å². The van der Waals surface area contributed by atoms with Crippen LogP contribution in [0.4, 0.5) is 0 Å². The topological polar surface area (TPSA) is 23.8 Å². The van der Waals surface area contributed by atoms with Crippen LogP contribution < -0.4 is 0 Å². The van der Waals surface area contributed by atoms with Crippen molar-refractivity contribution in [2.75, 3.05) is 5.88 Å². The van der Waals surface area contributed by atoms with Crippen LogP contribution in [-0.4, -0.2) is 5.88 Å². The van der Waals surface area contributed by atoms with Gasteiger partial charge in [-0.15, -0.1) is 11.6 Å². The maximum Gasteiger partial charge on any atom is 0.0713 e. The first kappa shape index (κ1) is 12.6. The molecule has 0 radical (unpaired) electrons. The van der Waals surface area contributed by atoms with Crippen LogP contribution in [0.15, 0.2) is 18.2 Å². The SMILES string of the molecule is N#CC(CCCCl)c1ccc(Cl)c(Cl)c1. The van der Waals surface area contributed by atoms with Gasteiger partial charge in [0.15, 0.2) is 0 Å². The lowest BCUT2D eigenvalue weighted by Gasteiger charge is -2.09. The van der Waals surface area contributed by atoms with Crippen molar-refractivity contribution in [3.63, 3.8) is 0 Å². The van der Waals surface area contributed by atoms with Gasteiger partial charge in [0.05, 0.1) is 22.0 Å². The van der Waals surface area contributed by atoms with Gasteiger partial charge in [0, 0.05) is 5.88 Å². The van der Waals surface area contributed by atoms with Crippen molar-refractivity contribution in [1.82, 2.24) is 0 Å². The predicted molar refractivity (Wildman–Crippen MR) is 64.8 cm³/mol. The Morgan fingerprint density at radius 2 is 2.00 bits per heavy atom. The van der Waals surface area contributed by atoms with E-state index in [0.717, 1.165) is 18.4 Å². The van der Waals surface area contributed by atoms with Crippen molar-refractivity contribution in [3.8, 4) is 6.07 Å². The lowest BCUT2D eigenvalue weighted by atomic mass is 9.96. The number of rotatable bonds is 4. The van der Waals surface area contributed by atoms with E-state index in [1.807, 2.05) is 6.07 Å². The minimum absolute atomic E-state index is 0.154. The molecule has 0 spiro atoms. The number of halogens is 3. The minimum Gasteiger partial charge on any atom is -0.198 e. The van der Waals surface area contributed by atoms with Gasteiger partial charge in [-0.1, -0.05) is 29.3 Å². The highest BCUT2D eigenvalue weighted by atomic mass is 35.5. The standard InChI is InChI=1S/C11H10Cl3N/c12-5-1-2-9(7-15)8-3-4-10(13)11(14)6-8/h3-4,6,9H,1-2,5H2. The van der Waals surface area contributed by atoms with Gasteiger partial charge in [0.1, 0.15) is 0 Å². The second kappa shape index (κ2) is 6.23. The summed E-state index contributed by atoms with van der Waals surface area (Å²) >= 11 is 17.3. The van der Waals surface area contributed by atoms with Crippen LogP contribution >= 0.6 is 34.8 Å². The Morgan fingerprint density at radius 3 is 2.53 bits per heavy atom. The Balaban J connectivity index is 2.84. The Kier molecular flexibility index (Phi) is 5.25. The Hall–Kier alpha value is -0.420. The summed E-state index contributed by atoms with van der Waals surface area (Å²) in [5, 5.41) is 9.99. The molecule has 1 nitrogen and oxygen atoms in total. The molecule has 0 aliphatic carbocycles. The highest BCUT2D eigenvalue weighted by molar-refractivity contribution is 6.42. The molecule has 1 atom stereocenters. The quantitative estimate of drug-likeness (QED) is 0.726. The fraction of sp³-hybridized carbons (Fsp3) is 0.364. The number of benzene rings is 1. The second-order valence-electron chi connectivity index (χ2n) is 3.19. The molecule has 0 aliphatic rings. The number of hydrogen-bond donors (Lipinski definition) is 0. The third-order valence-electron chi connectivity index (χ3n) is 2.13. The molecule has 0 aromatic heterocycles. The van der Waals surface area contributed by atoms with Crippen molar-refractivity contribution in [3.05, 3.63) is 33.8 Å². The van der Waals surface area contributed by atoms with E-state index in [9.17, 15) is 0 Å². The predicted octanol–water partition coefficient (Wildman–Crippen LogP) is 4.62. The molecule has 0 saturated carbocycles. The third kappa shape index (κ3) is 3.57. The van der Waals surface area contributed by atoms with Crippen molar-refractivity contribution in [2.24, 2.45) is 0 Å². The van der Waals surface area contributed by atoms with E-state index >= 15 is 0 Å². The van der Waals surface area contributed by atoms with Gasteiger partial charge < -0.3 is 0 Å². The molecular weight excluding hydrogens is 252 g/mol. The summed E-state index contributed by atoms with van der Waals surface area (Å²) in [5.74, 6) is 0.415. The molecular formula is C11H10Cl3N. The highest BCUT2D eigenvalue weighted by Crippen LogP contribution is 2.28. The summed E-state index contributed by atoms with van der Waals surface area (Å²) in [7, 11) is 0. The van der Waals surface area contributed by atoms with E-state index in [0.29, 0.717) is 15.9 Å².